The van der Waals surface area contributed by atoms with Crippen LogP contribution in [-0.4, -0.2) is 20.5 Å². The zero-order chi connectivity index (χ0) is 15.6. The molecule has 7 heteroatoms. The van der Waals surface area contributed by atoms with Gasteiger partial charge in [0, 0.05) is 5.02 Å². The molecule has 0 saturated heterocycles. The van der Waals surface area contributed by atoms with Gasteiger partial charge in [-0.05, 0) is 50.3 Å². The highest BCUT2D eigenvalue weighted by Gasteiger charge is 2.22. The summed E-state index contributed by atoms with van der Waals surface area (Å²) in [6, 6.07) is 2.46. The van der Waals surface area contributed by atoms with Crippen molar-refractivity contribution in [2.45, 2.75) is 50.0 Å². The van der Waals surface area contributed by atoms with E-state index < -0.39 is 16.0 Å². The molecule has 0 aliphatic heterocycles. The minimum atomic E-state index is -3.92. The van der Waals surface area contributed by atoms with E-state index in [1.807, 2.05) is 0 Å². The average molecular weight is 332 g/mol. The Morgan fingerprint density at radius 1 is 1.29 bits per heavy atom. The third kappa shape index (κ3) is 3.96. The van der Waals surface area contributed by atoms with Gasteiger partial charge in [-0.3, -0.25) is 0 Å². The van der Waals surface area contributed by atoms with Crippen molar-refractivity contribution in [2.75, 3.05) is 0 Å². The van der Waals surface area contributed by atoms with E-state index >= 15 is 0 Å². The molecule has 0 bridgehead atoms. The third-order valence-electron chi connectivity index (χ3n) is 3.69. The highest BCUT2D eigenvalue weighted by Crippen LogP contribution is 2.26. The first-order valence-corrected chi connectivity index (χ1v) is 8.75. The molecule has 1 aliphatic carbocycles. The van der Waals surface area contributed by atoms with E-state index in [4.69, 9.17) is 21.5 Å². The van der Waals surface area contributed by atoms with Crippen LogP contribution in [0.15, 0.2) is 17.0 Å². The number of ether oxygens (including phenoxy) is 1. The Bertz CT molecular complexity index is 651. The zero-order valence-electron chi connectivity index (χ0n) is 11.8. The van der Waals surface area contributed by atoms with Crippen molar-refractivity contribution in [3.05, 3.63) is 28.3 Å². The molecule has 1 aliphatic rings. The molecule has 0 heterocycles. The SMILES string of the molecule is Cc1c(Cl)cc(S(N)(=O)=O)cc1C(=O)OC1CCCCC1. The molecule has 0 radical (unpaired) electrons. The largest absolute Gasteiger partial charge is 0.459 e. The maximum absolute atomic E-state index is 12.2. The molecular formula is C14H18ClNO4S. The number of sulfonamides is 1. The van der Waals surface area contributed by atoms with Crippen LogP contribution in [0, 0.1) is 6.92 Å². The van der Waals surface area contributed by atoms with Gasteiger partial charge in [0.05, 0.1) is 10.5 Å². The van der Waals surface area contributed by atoms with E-state index in [0.717, 1.165) is 32.1 Å². The summed E-state index contributed by atoms with van der Waals surface area (Å²) in [5.74, 6) is -0.549. The lowest BCUT2D eigenvalue weighted by Crippen LogP contribution is -2.22. The second-order valence-corrected chi connectivity index (χ2v) is 7.26. The fourth-order valence-corrected chi connectivity index (χ4v) is 3.28. The van der Waals surface area contributed by atoms with Crippen molar-refractivity contribution in [2.24, 2.45) is 5.14 Å². The summed E-state index contributed by atoms with van der Waals surface area (Å²) in [5.41, 5.74) is 0.641. The molecule has 0 unspecified atom stereocenters. The van der Waals surface area contributed by atoms with E-state index in [0.29, 0.717) is 5.56 Å². The number of carbonyl (C=O) groups is 1. The molecule has 0 aromatic heterocycles. The van der Waals surface area contributed by atoms with Gasteiger partial charge in [-0.25, -0.2) is 18.4 Å². The molecule has 5 nitrogen and oxygen atoms in total. The monoisotopic (exact) mass is 331 g/mol. The minimum absolute atomic E-state index is 0.109. The zero-order valence-corrected chi connectivity index (χ0v) is 13.3. The number of hydrogen-bond donors (Lipinski definition) is 1. The van der Waals surface area contributed by atoms with Gasteiger partial charge < -0.3 is 4.74 Å². The van der Waals surface area contributed by atoms with E-state index in [-0.39, 0.29) is 21.6 Å². The van der Waals surface area contributed by atoms with Crippen molar-refractivity contribution >= 4 is 27.6 Å². The quantitative estimate of drug-likeness (QED) is 0.863. The van der Waals surface area contributed by atoms with Gasteiger partial charge in [0.2, 0.25) is 10.0 Å². The molecule has 0 amide bonds. The molecule has 116 valence electrons. The second kappa shape index (κ2) is 6.34. The van der Waals surface area contributed by atoms with Gasteiger partial charge in [0.15, 0.2) is 0 Å². The molecule has 1 aromatic rings. The van der Waals surface area contributed by atoms with Gasteiger partial charge >= 0.3 is 5.97 Å². The summed E-state index contributed by atoms with van der Waals surface area (Å²) in [4.78, 5) is 12.1. The Hall–Kier alpha value is -1.11. The van der Waals surface area contributed by atoms with Crippen molar-refractivity contribution in [1.29, 1.82) is 0 Å². The maximum Gasteiger partial charge on any atom is 0.338 e. The Kier molecular flexibility index (Phi) is 4.91. The Labute approximate surface area is 129 Å². The smallest absolute Gasteiger partial charge is 0.338 e. The fraction of sp³-hybridized carbons (Fsp3) is 0.500. The first-order chi connectivity index (χ1) is 9.79. The van der Waals surface area contributed by atoms with E-state index in [1.54, 1.807) is 6.92 Å². The van der Waals surface area contributed by atoms with Crippen LogP contribution in [0.1, 0.15) is 48.0 Å². The van der Waals surface area contributed by atoms with Crippen LogP contribution in [0.4, 0.5) is 0 Å². The summed E-state index contributed by atoms with van der Waals surface area (Å²) in [6.07, 6.45) is 4.80. The number of hydrogen-bond acceptors (Lipinski definition) is 4. The summed E-state index contributed by atoms with van der Waals surface area (Å²) in [6.45, 7) is 1.65. The van der Waals surface area contributed by atoms with Gasteiger partial charge in [-0.1, -0.05) is 18.0 Å². The van der Waals surface area contributed by atoms with Crippen LogP contribution < -0.4 is 5.14 Å². The van der Waals surface area contributed by atoms with Gasteiger partial charge in [0.25, 0.3) is 0 Å². The molecule has 0 spiro atoms. The molecule has 2 N–H and O–H groups in total. The number of esters is 1. The summed E-state index contributed by atoms with van der Waals surface area (Å²) in [5, 5.41) is 5.27. The Morgan fingerprint density at radius 3 is 2.48 bits per heavy atom. The first-order valence-electron chi connectivity index (χ1n) is 6.83. The van der Waals surface area contributed by atoms with Crippen molar-refractivity contribution in [3.63, 3.8) is 0 Å². The van der Waals surface area contributed by atoms with E-state index in [1.165, 1.54) is 12.1 Å². The Balaban J connectivity index is 2.29. The van der Waals surface area contributed by atoms with Crippen LogP contribution in [-0.2, 0) is 14.8 Å². The van der Waals surface area contributed by atoms with Crippen LogP contribution in [0.2, 0.25) is 5.02 Å². The van der Waals surface area contributed by atoms with Crippen molar-refractivity contribution < 1.29 is 17.9 Å². The van der Waals surface area contributed by atoms with Crippen molar-refractivity contribution in [3.8, 4) is 0 Å². The lowest BCUT2D eigenvalue weighted by Gasteiger charge is -2.22. The number of carbonyl (C=O) groups excluding carboxylic acids is 1. The highest BCUT2D eigenvalue weighted by atomic mass is 35.5. The third-order valence-corrected chi connectivity index (χ3v) is 4.98. The molecular weight excluding hydrogens is 314 g/mol. The fourth-order valence-electron chi connectivity index (χ4n) is 2.43. The number of halogens is 1. The molecule has 2 rings (SSSR count). The summed E-state index contributed by atoms with van der Waals surface area (Å²) in [7, 11) is -3.92. The highest BCUT2D eigenvalue weighted by molar-refractivity contribution is 7.89. The Morgan fingerprint density at radius 2 is 1.90 bits per heavy atom. The normalized spacial score (nSPS) is 16.7. The molecule has 1 saturated carbocycles. The van der Waals surface area contributed by atoms with Gasteiger partial charge in [0.1, 0.15) is 6.10 Å². The molecule has 1 aromatic carbocycles. The van der Waals surface area contributed by atoms with Gasteiger partial charge in [-0.15, -0.1) is 0 Å². The second-order valence-electron chi connectivity index (χ2n) is 5.29. The van der Waals surface area contributed by atoms with E-state index in [2.05, 4.69) is 0 Å². The minimum Gasteiger partial charge on any atom is -0.459 e. The predicted molar refractivity (Wildman–Crippen MR) is 79.9 cm³/mol. The van der Waals surface area contributed by atoms with Crippen LogP contribution >= 0.6 is 11.6 Å². The molecule has 21 heavy (non-hydrogen) atoms. The standard InChI is InChI=1S/C14H18ClNO4S/c1-9-12(7-11(8-13(9)15)21(16,18)19)14(17)20-10-5-3-2-4-6-10/h7-8,10H,2-6H2,1H3,(H2,16,18,19). The van der Waals surface area contributed by atoms with Gasteiger partial charge in [-0.2, -0.15) is 0 Å². The van der Waals surface area contributed by atoms with Crippen LogP contribution in [0.3, 0.4) is 0 Å². The van der Waals surface area contributed by atoms with Crippen LogP contribution in [0.25, 0.3) is 0 Å². The lowest BCUT2D eigenvalue weighted by molar-refractivity contribution is 0.0210. The average Bonchev–Trinajstić information content (AvgIpc) is 2.41. The lowest BCUT2D eigenvalue weighted by atomic mass is 9.97. The first kappa shape index (κ1) is 16.3. The topological polar surface area (TPSA) is 86.5 Å². The van der Waals surface area contributed by atoms with E-state index in [9.17, 15) is 13.2 Å². The maximum atomic E-state index is 12.2. The summed E-state index contributed by atoms with van der Waals surface area (Å²) < 4.78 is 28.3. The van der Waals surface area contributed by atoms with Crippen LogP contribution in [0.5, 0.6) is 0 Å². The summed E-state index contributed by atoms with van der Waals surface area (Å²) >= 11 is 5.98. The number of nitrogens with two attached hydrogens (primary N) is 1. The molecule has 1 fully saturated rings. The molecule has 0 atom stereocenters. The number of rotatable bonds is 3. The van der Waals surface area contributed by atoms with Crippen molar-refractivity contribution in [1.82, 2.24) is 0 Å². The predicted octanol–water partition coefficient (Wildman–Crippen LogP) is 2.79. The number of primary sulfonamides is 1. The number of benzene rings is 1.